The van der Waals surface area contributed by atoms with E-state index in [0.717, 1.165) is 19.3 Å². The van der Waals surface area contributed by atoms with E-state index in [-0.39, 0.29) is 23.0 Å². The zero-order valence-corrected chi connectivity index (χ0v) is 24.9. The first kappa shape index (κ1) is 27.6. The smallest absolute Gasteiger partial charge is 0.303 e. The summed E-state index contributed by atoms with van der Waals surface area (Å²) in [4.78, 5) is 11.2. The molecule has 5 heteroatoms. The molecule has 0 aliphatic heterocycles. The summed E-state index contributed by atoms with van der Waals surface area (Å²) < 4.78 is 6.89. The van der Waals surface area contributed by atoms with Gasteiger partial charge in [-0.3, -0.25) is 4.79 Å². The van der Waals surface area contributed by atoms with Crippen molar-refractivity contribution in [1.82, 2.24) is 0 Å². The van der Waals surface area contributed by atoms with E-state index in [1.165, 1.54) is 38.5 Å². The Balaban J connectivity index is 1.49. The fourth-order valence-corrected chi connectivity index (χ4v) is 10.8. The number of aliphatic carboxylic acids is 1. The van der Waals surface area contributed by atoms with Crippen molar-refractivity contribution in [2.45, 2.75) is 136 Å². The lowest BCUT2D eigenvalue weighted by Crippen LogP contribution is -2.59. The summed E-state index contributed by atoms with van der Waals surface area (Å²) in [6, 6.07) is 0. The van der Waals surface area contributed by atoms with Crippen LogP contribution in [-0.2, 0) is 9.22 Å². The van der Waals surface area contributed by atoms with Gasteiger partial charge in [-0.1, -0.05) is 41.5 Å². The van der Waals surface area contributed by atoms with Crippen molar-refractivity contribution < 1.29 is 19.4 Å². The molecule has 4 aliphatic carbocycles. The van der Waals surface area contributed by atoms with Gasteiger partial charge in [0.05, 0.1) is 6.10 Å². The molecule has 10 atom stereocenters. The minimum Gasteiger partial charge on any atom is -0.481 e. The quantitative estimate of drug-likeness (QED) is 0.366. The molecular weight excluding hydrogens is 452 g/mol. The van der Waals surface area contributed by atoms with Crippen molar-refractivity contribution in [1.29, 1.82) is 0 Å². The summed E-state index contributed by atoms with van der Waals surface area (Å²) in [5.41, 5.74) is 0.581. The van der Waals surface area contributed by atoms with E-state index in [4.69, 9.17) is 4.43 Å². The van der Waals surface area contributed by atoms with Gasteiger partial charge >= 0.3 is 5.97 Å². The Kier molecular flexibility index (Phi) is 7.43. The van der Waals surface area contributed by atoms with Crippen molar-refractivity contribution in [3.05, 3.63) is 0 Å². The molecule has 0 spiro atoms. The summed E-state index contributed by atoms with van der Waals surface area (Å²) in [6.45, 7) is 19.1. The first-order valence-corrected chi connectivity index (χ1v) is 17.6. The first-order valence-electron chi connectivity index (χ1n) is 14.7. The third-order valence-electron chi connectivity index (χ3n) is 12.5. The number of carboxylic acid groups (broad SMARTS) is 1. The minimum atomic E-state index is -1.78. The highest BCUT2D eigenvalue weighted by atomic mass is 28.4. The number of hydrogen-bond acceptors (Lipinski definition) is 3. The summed E-state index contributed by atoms with van der Waals surface area (Å²) >= 11 is 0. The molecule has 0 radical (unpaired) electrons. The molecule has 0 aromatic carbocycles. The molecule has 4 rings (SSSR count). The molecule has 2 N–H and O–H groups in total. The van der Waals surface area contributed by atoms with E-state index in [2.05, 4.69) is 54.6 Å². The second-order valence-corrected chi connectivity index (χ2v) is 20.0. The molecule has 0 aromatic rings. The maximum atomic E-state index is 11.7. The predicted molar refractivity (Wildman–Crippen MR) is 145 cm³/mol. The van der Waals surface area contributed by atoms with Gasteiger partial charge in [0.25, 0.3) is 0 Å². The van der Waals surface area contributed by atoms with Gasteiger partial charge in [0.1, 0.15) is 0 Å². The molecule has 4 fully saturated rings. The Bertz CT molecular complexity index is 790. The summed E-state index contributed by atoms with van der Waals surface area (Å²) in [5, 5.41) is 21.1. The number of carboxylic acids is 1. The number of aliphatic hydroxyl groups is 1. The van der Waals surface area contributed by atoms with E-state index in [0.29, 0.717) is 47.0 Å². The molecule has 4 nitrogen and oxygen atoms in total. The molecule has 1 unspecified atom stereocenters. The van der Waals surface area contributed by atoms with E-state index in [9.17, 15) is 15.0 Å². The van der Waals surface area contributed by atoms with Crippen LogP contribution in [0.3, 0.4) is 0 Å². The summed E-state index contributed by atoms with van der Waals surface area (Å²) in [5.74, 6) is 2.57. The predicted octanol–water partition coefficient (Wildman–Crippen LogP) is 7.51. The van der Waals surface area contributed by atoms with E-state index in [1.54, 1.807) is 0 Å². The summed E-state index contributed by atoms with van der Waals surface area (Å²) in [6.07, 6.45) is 10.6. The highest BCUT2D eigenvalue weighted by molar-refractivity contribution is 6.74. The Labute approximate surface area is 216 Å². The Morgan fingerprint density at radius 3 is 2.29 bits per heavy atom. The highest BCUT2D eigenvalue weighted by Crippen LogP contribution is 2.68. The van der Waals surface area contributed by atoms with Gasteiger partial charge in [-0.15, -0.1) is 0 Å². The largest absolute Gasteiger partial charge is 0.481 e. The van der Waals surface area contributed by atoms with Gasteiger partial charge < -0.3 is 14.6 Å². The topological polar surface area (TPSA) is 66.8 Å². The zero-order chi connectivity index (χ0) is 26.0. The molecule has 0 heterocycles. The number of fused-ring (bicyclic) bond motifs is 5. The highest BCUT2D eigenvalue weighted by Gasteiger charge is 2.63. The van der Waals surface area contributed by atoms with Gasteiger partial charge in [-0.05, 0) is 122 Å². The van der Waals surface area contributed by atoms with Crippen molar-refractivity contribution in [2.24, 2.45) is 46.3 Å². The van der Waals surface area contributed by atoms with Crippen LogP contribution < -0.4 is 0 Å². The number of hydrogen-bond donors (Lipinski definition) is 2. The molecule has 4 saturated carbocycles. The minimum absolute atomic E-state index is 0.192. The van der Waals surface area contributed by atoms with Crippen LogP contribution in [0.4, 0.5) is 0 Å². The van der Waals surface area contributed by atoms with Crippen molar-refractivity contribution in [3.63, 3.8) is 0 Å². The molecule has 4 aliphatic rings. The lowest BCUT2D eigenvalue weighted by Gasteiger charge is -2.63. The van der Waals surface area contributed by atoms with Crippen LogP contribution in [0.2, 0.25) is 18.1 Å². The Hall–Kier alpha value is -0.393. The molecule has 0 saturated heterocycles. The van der Waals surface area contributed by atoms with Crippen LogP contribution in [-0.4, -0.2) is 36.7 Å². The van der Waals surface area contributed by atoms with E-state index < -0.39 is 14.3 Å². The maximum Gasteiger partial charge on any atom is 0.303 e. The Morgan fingerprint density at radius 2 is 1.66 bits per heavy atom. The fourth-order valence-electron chi connectivity index (χ4n) is 9.41. The summed E-state index contributed by atoms with van der Waals surface area (Å²) in [7, 11) is -1.78. The van der Waals surface area contributed by atoms with E-state index >= 15 is 0 Å². The lowest BCUT2D eigenvalue weighted by molar-refractivity contribution is -0.173. The van der Waals surface area contributed by atoms with Crippen LogP contribution in [0, 0.1) is 46.3 Å². The average molecular weight is 507 g/mol. The van der Waals surface area contributed by atoms with Crippen LogP contribution in [0.5, 0.6) is 0 Å². The third kappa shape index (κ3) is 4.80. The maximum absolute atomic E-state index is 11.7. The third-order valence-corrected chi connectivity index (χ3v) is 17.0. The van der Waals surface area contributed by atoms with Crippen LogP contribution in [0.15, 0.2) is 0 Å². The Morgan fingerprint density at radius 1 is 1.03 bits per heavy atom. The van der Waals surface area contributed by atoms with Gasteiger partial charge in [0, 0.05) is 12.5 Å². The molecular formula is C30H54O4Si. The van der Waals surface area contributed by atoms with Gasteiger partial charge in [-0.25, -0.2) is 0 Å². The lowest BCUT2D eigenvalue weighted by atomic mass is 9.43. The van der Waals surface area contributed by atoms with Crippen LogP contribution in [0.25, 0.3) is 0 Å². The second kappa shape index (κ2) is 9.41. The number of rotatable bonds is 6. The second-order valence-electron chi connectivity index (χ2n) is 15.2. The molecule has 0 aromatic heterocycles. The average Bonchev–Trinajstić information content (AvgIpc) is 3.09. The van der Waals surface area contributed by atoms with Gasteiger partial charge in [0.2, 0.25) is 0 Å². The molecule has 202 valence electrons. The standard InChI is InChI=1S/C30H54O4Si/c1-19(9-12-26(32)33)22-10-11-23-27-24(14-16-30(22,23)6)29(5)15-13-21(17-20(29)18-25(27)31)34-35(7,8)28(2,3)4/h19-25,27,31H,9-18H2,1-8H3,(H,32,33)/t19-,20?,21-,22-,23+,24+,25+,27+,29+,30-/m1/s1. The normalized spacial score (nSPS) is 44.8. The van der Waals surface area contributed by atoms with Crippen LogP contribution >= 0.6 is 0 Å². The van der Waals surface area contributed by atoms with Crippen LogP contribution in [0.1, 0.15) is 106 Å². The monoisotopic (exact) mass is 506 g/mol. The molecule has 35 heavy (non-hydrogen) atoms. The van der Waals surface area contributed by atoms with Gasteiger partial charge in [0.15, 0.2) is 8.32 Å². The van der Waals surface area contributed by atoms with Crippen molar-refractivity contribution >= 4 is 14.3 Å². The molecule has 0 amide bonds. The van der Waals surface area contributed by atoms with Crippen molar-refractivity contribution in [3.8, 4) is 0 Å². The zero-order valence-electron chi connectivity index (χ0n) is 23.9. The SMILES string of the molecule is C[C@H](CCC(=O)O)[C@H]1CC[C@H]2[C@@H]3[C@@H](O)CC4C[C@H](O[Si](C)(C)C(C)(C)C)CC[C@]4(C)[C@H]3CC[C@]12C. The number of aliphatic hydroxyl groups excluding tert-OH is 1. The van der Waals surface area contributed by atoms with Crippen molar-refractivity contribution in [2.75, 3.05) is 0 Å². The van der Waals surface area contributed by atoms with Gasteiger partial charge in [-0.2, -0.15) is 0 Å². The first-order chi connectivity index (χ1) is 16.1. The van der Waals surface area contributed by atoms with E-state index in [1.807, 2.05) is 0 Å². The fraction of sp³-hybridized carbons (Fsp3) is 0.967. The number of carbonyl (C=O) groups is 1. The molecule has 0 bridgehead atoms.